The highest BCUT2D eigenvalue weighted by Crippen LogP contribution is 2.15. The molecule has 1 N–H and O–H groups in total. The predicted octanol–water partition coefficient (Wildman–Crippen LogP) is 3.15. The number of aryl methyl sites for hydroxylation is 2. The van der Waals surface area contributed by atoms with Gasteiger partial charge in [0, 0.05) is 5.69 Å². The van der Waals surface area contributed by atoms with Crippen LogP contribution in [0.1, 0.15) is 11.1 Å². The van der Waals surface area contributed by atoms with Crippen LogP contribution in [-0.4, -0.2) is 5.91 Å². The van der Waals surface area contributed by atoms with Crippen LogP contribution >= 0.6 is 15.9 Å². The lowest BCUT2D eigenvalue weighted by Crippen LogP contribution is -2.10. The van der Waals surface area contributed by atoms with Crippen molar-refractivity contribution >= 4 is 27.5 Å². The number of rotatable bonds is 2. The highest BCUT2D eigenvalue weighted by Gasteiger charge is 2.04. The SMILES string of the molecule is C=C(Br)C(=O)Nc1cc(C)cc(C)c1. The lowest BCUT2D eigenvalue weighted by atomic mass is 10.1. The second kappa shape index (κ2) is 4.42. The first-order valence-corrected chi connectivity index (χ1v) is 5.02. The van der Waals surface area contributed by atoms with E-state index in [9.17, 15) is 4.79 Å². The largest absolute Gasteiger partial charge is 0.322 e. The van der Waals surface area contributed by atoms with Crippen molar-refractivity contribution in [3.05, 3.63) is 40.4 Å². The van der Waals surface area contributed by atoms with Gasteiger partial charge in [0.15, 0.2) is 0 Å². The molecule has 0 aliphatic carbocycles. The van der Waals surface area contributed by atoms with Gasteiger partial charge in [0.05, 0.1) is 4.48 Å². The molecule has 1 aromatic rings. The summed E-state index contributed by atoms with van der Waals surface area (Å²) in [5, 5.41) is 2.74. The van der Waals surface area contributed by atoms with E-state index in [1.807, 2.05) is 26.0 Å². The maximum Gasteiger partial charge on any atom is 0.262 e. The molecule has 0 aliphatic heterocycles. The average Bonchev–Trinajstić information content (AvgIpc) is 2.01. The molecule has 3 heteroatoms. The number of carbonyl (C=O) groups excluding carboxylic acids is 1. The summed E-state index contributed by atoms with van der Waals surface area (Å²) in [7, 11) is 0. The fourth-order valence-electron chi connectivity index (χ4n) is 1.25. The number of benzene rings is 1. The van der Waals surface area contributed by atoms with Crippen molar-refractivity contribution < 1.29 is 4.79 Å². The highest BCUT2D eigenvalue weighted by atomic mass is 79.9. The molecule has 14 heavy (non-hydrogen) atoms. The van der Waals surface area contributed by atoms with E-state index in [1.54, 1.807) is 0 Å². The van der Waals surface area contributed by atoms with Crippen LogP contribution in [-0.2, 0) is 4.79 Å². The molecule has 0 fully saturated rings. The number of amides is 1. The summed E-state index contributed by atoms with van der Waals surface area (Å²) in [5.74, 6) is -0.213. The third-order valence-electron chi connectivity index (χ3n) is 1.73. The minimum absolute atomic E-state index is 0.213. The van der Waals surface area contributed by atoms with Crippen molar-refractivity contribution in [1.29, 1.82) is 0 Å². The van der Waals surface area contributed by atoms with Gasteiger partial charge in [0.2, 0.25) is 0 Å². The van der Waals surface area contributed by atoms with Gasteiger partial charge in [-0.05, 0) is 53.0 Å². The van der Waals surface area contributed by atoms with Gasteiger partial charge < -0.3 is 5.32 Å². The predicted molar refractivity (Wildman–Crippen MR) is 62.6 cm³/mol. The molecular weight excluding hydrogens is 242 g/mol. The topological polar surface area (TPSA) is 29.1 Å². The maximum absolute atomic E-state index is 11.3. The Labute approximate surface area is 92.1 Å². The molecular formula is C11H12BrNO. The van der Waals surface area contributed by atoms with Gasteiger partial charge in [-0.25, -0.2) is 0 Å². The molecule has 74 valence electrons. The van der Waals surface area contributed by atoms with Crippen LogP contribution in [0.4, 0.5) is 5.69 Å². The molecule has 0 heterocycles. The van der Waals surface area contributed by atoms with Crippen molar-refractivity contribution in [2.24, 2.45) is 0 Å². The molecule has 0 aliphatic rings. The summed E-state index contributed by atoms with van der Waals surface area (Å²) in [4.78, 5) is 11.3. The van der Waals surface area contributed by atoms with Gasteiger partial charge in [-0.15, -0.1) is 0 Å². The minimum atomic E-state index is -0.213. The molecule has 0 bridgehead atoms. The summed E-state index contributed by atoms with van der Waals surface area (Å²) in [6.45, 7) is 7.48. The molecule has 2 nitrogen and oxygen atoms in total. The Balaban J connectivity index is 2.87. The summed E-state index contributed by atoms with van der Waals surface area (Å²) >= 11 is 3.03. The molecule has 0 unspecified atom stereocenters. The second-order valence-corrected chi connectivity index (χ2v) is 4.19. The summed E-state index contributed by atoms with van der Waals surface area (Å²) < 4.78 is 0.330. The first-order chi connectivity index (χ1) is 6.49. The molecule has 1 aromatic carbocycles. The first-order valence-electron chi connectivity index (χ1n) is 4.23. The van der Waals surface area contributed by atoms with E-state index in [-0.39, 0.29) is 5.91 Å². The van der Waals surface area contributed by atoms with Crippen molar-refractivity contribution in [2.75, 3.05) is 5.32 Å². The van der Waals surface area contributed by atoms with E-state index < -0.39 is 0 Å². The maximum atomic E-state index is 11.3. The molecule has 0 spiro atoms. The van der Waals surface area contributed by atoms with Crippen LogP contribution in [0.5, 0.6) is 0 Å². The van der Waals surface area contributed by atoms with Crippen molar-refractivity contribution in [1.82, 2.24) is 0 Å². The average molecular weight is 254 g/mol. The number of anilines is 1. The summed E-state index contributed by atoms with van der Waals surface area (Å²) in [6.07, 6.45) is 0. The Kier molecular flexibility index (Phi) is 3.47. The third-order valence-corrected chi connectivity index (χ3v) is 2.09. The Morgan fingerprint density at radius 3 is 2.21 bits per heavy atom. The quantitative estimate of drug-likeness (QED) is 0.807. The van der Waals surface area contributed by atoms with E-state index in [0.29, 0.717) is 4.48 Å². The van der Waals surface area contributed by atoms with E-state index in [2.05, 4.69) is 33.9 Å². The molecule has 0 aromatic heterocycles. The fraction of sp³-hybridized carbons (Fsp3) is 0.182. The van der Waals surface area contributed by atoms with Crippen LogP contribution in [0.15, 0.2) is 29.3 Å². The summed E-state index contributed by atoms with van der Waals surface area (Å²) in [5.41, 5.74) is 3.05. The smallest absolute Gasteiger partial charge is 0.262 e. The number of hydrogen-bond acceptors (Lipinski definition) is 1. The second-order valence-electron chi connectivity index (χ2n) is 3.24. The minimum Gasteiger partial charge on any atom is -0.322 e. The van der Waals surface area contributed by atoms with E-state index in [0.717, 1.165) is 16.8 Å². The Morgan fingerprint density at radius 2 is 1.79 bits per heavy atom. The van der Waals surface area contributed by atoms with Crippen LogP contribution in [0.2, 0.25) is 0 Å². The Morgan fingerprint density at radius 1 is 1.29 bits per heavy atom. The van der Waals surface area contributed by atoms with E-state index in [4.69, 9.17) is 0 Å². The monoisotopic (exact) mass is 253 g/mol. The summed E-state index contributed by atoms with van der Waals surface area (Å²) in [6, 6.07) is 5.89. The van der Waals surface area contributed by atoms with Crippen LogP contribution in [0.25, 0.3) is 0 Å². The number of halogens is 1. The molecule has 1 amide bonds. The Hall–Kier alpha value is -1.09. The normalized spacial score (nSPS) is 9.64. The van der Waals surface area contributed by atoms with Gasteiger partial charge >= 0.3 is 0 Å². The van der Waals surface area contributed by atoms with Gasteiger partial charge in [0.1, 0.15) is 0 Å². The number of hydrogen-bond donors (Lipinski definition) is 1. The lowest BCUT2D eigenvalue weighted by molar-refractivity contribution is -0.112. The zero-order valence-electron chi connectivity index (χ0n) is 8.23. The fourth-order valence-corrected chi connectivity index (χ4v) is 1.34. The van der Waals surface area contributed by atoms with Crippen molar-refractivity contribution in [3.8, 4) is 0 Å². The van der Waals surface area contributed by atoms with E-state index >= 15 is 0 Å². The zero-order valence-corrected chi connectivity index (χ0v) is 9.81. The standard InChI is InChI=1S/C11H12BrNO/c1-7-4-8(2)6-10(5-7)13-11(14)9(3)12/h4-6H,3H2,1-2H3,(H,13,14). The molecule has 0 saturated heterocycles. The van der Waals surface area contributed by atoms with Gasteiger partial charge in [-0.1, -0.05) is 12.6 Å². The van der Waals surface area contributed by atoms with Crippen molar-refractivity contribution in [3.63, 3.8) is 0 Å². The van der Waals surface area contributed by atoms with Gasteiger partial charge in [-0.2, -0.15) is 0 Å². The third kappa shape index (κ3) is 3.00. The molecule has 0 saturated carbocycles. The Bertz CT molecular complexity index is 365. The van der Waals surface area contributed by atoms with E-state index in [1.165, 1.54) is 0 Å². The first kappa shape index (κ1) is 11.0. The molecule has 1 rings (SSSR count). The number of carbonyl (C=O) groups is 1. The molecule has 0 atom stereocenters. The lowest BCUT2D eigenvalue weighted by Gasteiger charge is -2.06. The van der Waals surface area contributed by atoms with Crippen LogP contribution in [0, 0.1) is 13.8 Å². The van der Waals surface area contributed by atoms with Crippen molar-refractivity contribution in [2.45, 2.75) is 13.8 Å². The number of nitrogens with one attached hydrogen (secondary N) is 1. The highest BCUT2D eigenvalue weighted by molar-refractivity contribution is 9.12. The van der Waals surface area contributed by atoms with Gasteiger partial charge in [-0.3, -0.25) is 4.79 Å². The zero-order chi connectivity index (χ0) is 10.7. The van der Waals surface area contributed by atoms with Crippen LogP contribution in [0.3, 0.4) is 0 Å². The molecule has 0 radical (unpaired) electrons. The van der Waals surface area contributed by atoms with Gasteiger partial charge in [0.25, 0.3) is 5.91 Å². The van der Waals surface area contributed by atoms with Crippen LogP contribution < -0.4 is 5.32 Å².